The summed E-state index contributed by atoms with van der Waals surface area (Å²) < 4.78 is 22.7. The van der Waals surface area contributed by atoms with Crippen LogP contribution in [0, 0.1) is 12.3 Å². The number of aromatic nitrogens is 2. The van der Waals surface area contributed by atoms with Gasteiger partial charge < -0.3 is 29.6 Å². The molecule has 0 bridgehead atoms. The molecule has 10 heteroatoms. The lowest BCUT2D eigenvalue weighted by Gasteiger charge is -2.42. The Balaban J connectivity index is 1.07. The Bertz CT molecular complexity index is 2170. The fourth-order valence-electron chi connectivity index (χ4n) is 6.44. The Labute approximate surface area is 310 Å². The summed E-state index contributed by atoms with van der Waals surface area (Å²) in [6.07, 6.45) is 9.23. The Morgan fingerprint density at radius 3 is 2.21 bits per heavy atom. The molecule has 0 spiro atoms. The lowest BCUT2D eigenvalue weighted by Crippen LogP contribution is -2.33. The van der Waals surface area contributed by atoms with Crippen molar-refractivity contribution in [2.24, 2.45) is 0 Å². The molecule has 0 saturated heterocycles. The van der Waals surface area contributed by atoms with Gasteiger partial charge in [-0.2, -0.15) is 0 Å². The van der Waals surface area contributed by atoms with E-state index in [4.69, 9.17) is 25.4 Å². The summed E-state index contributed by atoms with van der Waals surface area (Å²) in [6.45, 7) is 9.74. The van der Waals surface area contributed by atoms with Crippen LogP contribution >= 0.6 is 0 Å². The molecular weight excluding hydrogens is 668 g/mol. The summed E-state index contributed by atoms with van der Waals surface area (Å²) in [5.41, 5.74) is 6.35. The highest BCUT2D eigenvalue weighted by Crippen LogP contribution is 2.46. The van der Waals surface area contributed by atoms with Gasteiger partial charge in [0.2, 0.25) is 0 Å². The number of nitrogens with zero attached hydrogens (tertiary/aromatic N) is 2. The van der Waals surface area contributed by atoms with E-state index in [-0.39, 0.29) is 36.6 Å². The van der Waals surface area contributed by atoms with Crippen LogP contribution in [0.25, 0.3) is 10.9 Å². The SMILES string of the molecule is C#Cc1cccc(Nc2ncnc3cc(OCCOC(=O)c4ccc(C(=O)Nc5ccc6c(c5)C(C)(C)CCC6(C)C)cc4)c(OCCOC)cc23)c1. The number of nitrogens with one attached hydrogen (secondary N) is 2. The molecule has 53 heavy (non-hydrogen) atoms. The number of terminal acetylenes is 1. The van der Waals surface area contributed by atoms with E-state index in [9.17, 15) is 9.59 Å². The molecular formula is C43H44N4O6. The first kappa shape index (κ1) is 36.9. The zero-order valence-electron chi connectivity index (χ0n) is 30.7. The van der Waals surface area contributed by atoms with Crippen LogP contribution in [0.15, 0.2) is 85.2 Å². The van der Waals surface area contributed by atoms with Gasteiger partial charge in [0.25, 0.3) is 5.91 Å². The first-order valence-corrected chi connectivity index (χ1v) is 17.6. The summed E-state index contributed by atoms with van der Waals surface area (Å²) in [6, 6.07) is 23.6. The molecule has 0 saturated carbocycles. The minimum atomic E-state index is -0.535. The molecule has 4 aromatic carbocycles. The Hall–Kier alpha value is -5.92. The smallest absolute Gasteiger partial charge is 0.338 e. The van der Waals surface area contributed by atoms with Gasteiger partial charge in [-0.15, -0.1) is 6.42 Å². The van der Waals surface area contributed by atoms with Gasteiger partial charge in [0.1, 0.15) is 32.0 Å². The third kappa shape index (κ3) is 8.59. The van der Waals surface area contributed by atoms with Gasteiger partial charge in [0.05, 0.1) is 17.7 Å². The number of methoxy groups -OCH3 is 1. The third-order valence-corrected chi connectivity index (χ3v) is 9.61. The molecule has 0 unspecified atom stereocenters. The molecule has 1 amide bonds. The standard InChI is InChI=1S/C43H44N4O6/c1-7-28-9-8-10-31(23-28)46-39-33-25-37(51-20-19-50-6)38(26-36(33)44-27-45-39)52-21-22-53-41(49)30-13-11-29(12-14-30)40(48)47-32-15-16-34-35(24-32)43(4,5)18-17-42(34,2)3/h1,8-16,23-27H,17-22H2,2-6H3,(H,47,48)(H,44,45,46). The van der Waals surface area contributed by atoms with Crippen molar-refractivity contribution in [1.82, 2.24) is 9.97 Å². The molecule has 1 heterocycles. The number of benzene rings is 4. The fraction of sp³-hybridized carbons (Fsp3) is 0.302. The zero-order valence-corrected chi connectivity index (χ0v) is 30.7. The molecule has 1 aliphatic carbocycles. The van der Waals surface area contributed by atoms with Crippen molar-refractivity contribution in [2.75, 3.05) is 44.2 Å². The second-order valence-electron chi connectivity index (χ2n) is 14.3. The summed E-state index contributed by atoms with van der Waals surface area (Å²) in [5.74, 6) is 3.28. The molecule has 0 atom stereocenters. The summed E-state index contributed by atoms with van der Waals surface area (Å²) in [4.78, 5) is 34.9. The minimum Gasteiger partial charge on any atom is -0.487 e. The van der Waals surface area contributed by atoms with Crippen LogP contribution in [-0.2, 0) is 20.3 Å². The summed E-state index contributed by atoms with van der Waals surface area (Å²) in [5, 5.41) is 7.03. The van der Waals surface area contributed by atoms with Crippen molar-refractivity contribution < 1.29 is 28.5 Å². The van der Waals surface area contributed by atoms with Crippen LogP contribution in [-0.4, -0.2) is 55.4 Å². The number of esters is 1. The molecule has 0 fully saturated rings. The van der Waals surface area contributed by atoms with Gasteiger partial charge in [-0.1, -0.05) is 45.7 Å². The predicted octanol–water partition coefficient (Wildman–Crippen LogP) is 8.22. The highest BCUT2D eigenvalue weighted by Gasteiger charge is 2.37. The largest absolute Gasteiger partial charge is 0.487 e. The van der Waals surface area contributed by atoms with Gasteiger partial charge in [-0.25, -0.2) is 14.8 Å². The lowest BCUT2D eigenvalue weighted by molar-refractivity contribution is 0.0448. The summed E-state index contributed by atoms with van der Waals surface area (Å²) in [7, 11) is 1.59. The average Bonchev–Trinajstić information content (AvgIpc) is 3.15. The van der Waals surface area contributed by atoms with Crippen LogP contribution in [0.4, 0.5) is 17.2 Å². The van der Waals surface area contributed by atoms with E-state index in [1.807, 2.05) is 30.3 Å². The Morgan fingerprint density at radius 2 is 1.47 bits per heavy atom. The normalized spacial score (nSPS) is 14.0. The second-order valence-corrected chi connectivity index (χ2v) is 14.3. The maximum Gasteiger partial charge on any atom is 0.338 e. The second kappa shape index (κ2) is 15.8. The quantitative estimate of drug-likeness (QED) is 0.0707. The van der Waals surface area contributed by atoms with E-state index >= 15 is 0 Å². The molecule has 1 aromatic heterocycles. The van der Waals surface area contributed by atoms with E-state index in [1.165, 1.54) is 17.5 Å². The van der Waals surface area contributed by atoms with Crippen LogP contribution in [0.2, 0.25) is 0 Å². The van der Waals surface area contributed by atoms with Gasteiger partial charge in [-0.3, -0.25) is 4.79 Å². The van der Waals surface area contributed by atoms with Crippen LogP contribution in [0.3, 0.4) is 0 Å². The number of fused-ring (bicyclic) bond motifs is 2. The monoisotopic (exact) mass is 712 g/mol. The topological polar surface area (TPSA) is 121 Å². The van der Waals surface area contributed by atoms with Gasteiger partial charge in [0.15, 0.2) is 11.5 Å². The molecule has 0 aliphatic heterocycles. The lowest BCUT2D eigenvalue weighted by atomic mass is 9.63. The maximum atomic E-state index is 13.1. The highest BCUT2D eigenvalue weighted by atomic mass is 16.6. The van der Waals surface area contributed by atoms with Crippen molar-refractivity contribution in [3.05, 3.63) is 113 Å². The van der Waals surface area contributed by atoms with E-state index in [2.05, 4.69) is 66.3 Å². The van der Waals surface area contributed by atoms with E-state index in [0.29, 0.717) is 46.0 Å². The van der Waals surface area contributed by atoms with Crippen molar-refractivity contribution in [2.45, 2.75) is 51.4 Å². The molecule has 1 aliphatic rings. The number of rotatable bonds is 13. The van der Waals surface area contributed by atoms with Crippen LogP contribution < -0.4 is 20.1 Å². The molecule has 6 rings (SSSR count). The predicted molar refractivity (Wildman–Crippen MR) is 206 cm³/mol. The van der Waals surface area contributed by atoms with Crippen molar-refractivity contribution in [3.63, 3.8) is 0 Å². The van der Waals surface area contributed by atoms with Gasteiger partial charge in [0, 0.05) is 41.1 Å². The number of carbonyl (C=O) groups is 2. The number of hydrogen-bond donors (Lipinski definition) is 2. The summed E-state index contributed by atoms with van der Waals surface area (Å²) >= 11 is 0. The first-order chi connectivity index (χ1) is 25.5. The van der Waals surface area contributed by atoms with Gasteiger partial charge >= 0.3 is 5.97 Å². The number of amides is 1. The molecule has 10 nitrogen and oxygen atoms in total. The number of carbonyl (C=O) groups excluding carboxylic acids is 2. The van der Waals surface area contributed by atoms with E-state index < -0.39 is 5.97 Å². The van der Waals surface area contributed by atoms with Gasteiger partial charge in [-0.05, 0) is 95.5 Å². The van der Waals surface area contributed by atoms with Crippen LogP contribution in [0.5, 0.6) is 11.5 Å². The molecule has 272 valence electrons. The van der Waals surface area contributed by atoms with E-state index in [0.717, 1.165) is 29.8 Å². The van der Waals surface area contributed by atoms with Crippen LogP contribution in [0.1, 0.15) is 77.9 Å². The molecule has 0 radical (unpaired) electrons. The first-order valence-electron chi connectivity index (χ1n) is 17.6. The van der Waals surface area contributed by atoms with Crippen molar-refractivity contribution in [3.8, 4) is 23.8 Å². The number of ether oxygens (including phenoxy) is 4. The van der Waals surface area contributed by atoms with Crippen molar-refractivity contribution >= 4 is 40.0 Å². The Kier molecular flexibility index (Phi) is 11.0. The number of anilines is 3. The van der Waals surface area contributed by atoms with E-state index in [1.54, 1.807) is 43.5 Å². The minimum absolute atomic E-state index is 0.0236. The molecule has 2 N–H and O–H groups in total. The average molecular weight is 713 g/mol. The van der Waals surface area contributed by atoms with Crippen molar-refractivity contribution in [1.29, 1.82) is 0 Å². The third-order valence-electron chi connectivity index (χ3n) is 9.61. The molecule has 5 aromatic rings. The number of hydrogen-bond acceptors (Lipinski definition) is 9. The Morgan fingerprint density at radius 1 is 0.774 bits per heavy atom. The maximum absolute atomic E-state index is 13.1. The zero-order chi connectivity index (χ0) is 37.6. The highest BCUT2D eigenvalue weighted by molar-refractivity contribution is 6.05. The fourth-order valence-corrected chi connectivity index (χ4v) is 6.44.